The van der Waals surface area contributed by atoms with E-state index in [4.69, 9.17) is 4.74 Å². The van der Waals surface area contributed by atoms with Gasteiger partial charge in [0.05, 0.1) is 19.1 Å². The fourth-order valence-corrected chi connectivity index (χ4v) is 0.612. The van der Waals surface area contributed by atoms with Crippen molar-refractivity contribution in [3.63, 3.8) is 0 Å². The summed E-state index contributed by atoms with van der Waals surface area (Å²) in [6.07, 6.45) is 5.15. The van der Waals surface area contributed by atoms with Crippen LogP contribution < -0.4 is 0 Å². The van der Waals surface area contributed by atoms with Gasteiger partial charge in [-0.2, -0.15) is 0 Å². The maximum absolute atomic E-state index is 4.73. The molecule has 0 aliphatic carbocycles. The molecule has 1 heterocycles. The highest BCUT2D eigenvalue weighted by Crippen LogP contribution is 1.94. The molecule has 0 saturated heterocycles. The molecule has 1 aromatic heterocycles. The fraction of sp³-hybridized carbons (Fsp3) is 0.125. The van der Waals surface area contributed by atoms with Gasteiger partial charge in [0.15, 0.2) is 0 Å². The van der Waals surface area contributed by atoms with Crippen LogP contribution in [0.5, 0.6) is 0 Å². The Morgan fingerprint density at radius 1 is 1.50 bits per heavy atom. The first kappa shape index (κ1) is 6.81. The van der Waals surface area contributed by atoms with Crippen molar-refractivity contribution < 1.29 is 4.74 Å². The van der Waals surface area contributed by atoms with E-state index in [0.29, 0.717) is 0 Å². The van der Waals surface area contributed by atoms with Gasteiger partial charge in [-0.15, -0.1) is 0 Å². The standard InChI is InChI=1S/C8H9NO/c1-10-7-5-8-4-2-3-6-9-8/h2-7H,1H3/b7-5+. The molecule has 1 aromatic rings. The number of rotatable bonds is 2. The van der Waals surface area contributed by atoms with Gasteiger partial charge < -0.3 is 4.74 Å². The molecule has 0 amide bonds. The van der Waals surface area contributed by atoms with Gasteiger partial charge in [0.1, 0.15) is 0 Å². The van der Waals surface area contributed by atoms with Gasteiger partial charge in [-0.1, -0.05) is 6.07 Å². The van der Waals surface area contributed by atoms with Gasteiger partial charge in [-0.3, -0.25) is 4.98 Å². The molecule has 0 spiro atoms. The molecule has 0 saturated carbocycles. The predicted octanol–water partition coefficient (Wildman–Crippen LogP) is 1.70. The van der Waals surface area contributed by atoms with Crippen molar-refractivity contribution in [3.8, 4) is 0 Å². The van der Waals surface area contributed by atoms with Gasteiger partial charge in [0, 0.05) is 6.20 Å². The molecule has 0 unspecified atom stereocenters. The highest BCUT2D eigenvalue weighted by Gasteiger charge is 1.81. The monoisotopic (exact) mass is 135 g/mol. The summed E-state index contributed by atoms with van der Waals surface area (Å²) in [6.45, 7) is 0. The first-order valence-corrected chi connectivity index (χ1v) is 3.04. The van der Waals surface area contributed by atoms with Gasteiger partial charge >= 0.3 is 0 Å². The number of methoxy groups -OCH3 is 1. The normalized spacial score (nSPS) is 10.1. The maximum atomic E-state index is 4.73. The number of hydrogen-bond donors (Lipinski definition) is 0. The van der Waals surface area contributed by atoms with E-state index in [1.807, 2.05) is 18.2 Å². The third-order valence-corrected chi connectivity index (χ3v) is 1.06. The van der Waals surface area contributed by atoms with Gasteiger partial charge in [0.2, 0.25) is 0 Å². The highest BCUT2D eigenvalue weighted by atomic mass is 16.5. The second kappa shape index (κ2) is 3.67. The van der Waals surface area contributed by atoms with Crippen LogP contribution in [0.4, 0.5) is 0 Å². The Morgan fingerprint density at radius 3 is 3.00 bits per heavy atom. The Labute approximate surface area is 60.2 Å². The van der Waals surface area contributed by atoms with Crippen molar-refractivity contribution in [2.45, 2.75) is 0 Å². The van der Waals surface area contributed by atoms with E-state index >= 15 is 0 Å². The number of aromatic nitrogens is 1. The number of pyridine rings is 1. The zero-order chi connectivity index (χ0) is 7.23. The SMILES string of the molecule is CO/C=C/c1ccccn1. The first-order valence-electron chi connectivity index (χ1n) is 3.04. The average molecular weight is 135 g/mol. The number of ether oxygens (including phenoxy) is 1. The third kappa shape index (κ3) is 1.90. The molecular weight excluding hydrogens is 126 g/mol. The van der Waals surface area contributed by atoms with Crippen LogP contribution in [0.3, 0.4) is 0 Å². The topological polar surface area (TPSA) is 22.1 Å². The summed E-state index contributed by atoms with van der Waals surface area (Å²) < 4.78 is 4.73. The zero-order valence-corrected chi connectivity index (χ0v) is 5.82. The van der Waals surface area contributed by atoms with E-state index in [1.165, 1.54) is 0 Å². The molecular formula is C8H9NO. The summed E-state index contributed by atoms with van der Waals surface area (Å²) in [7, 11) is 1.61. The molecule has 1 rings (SSSR count). The minimum absolute atomic E-state index is 0.907. The minimum Gasteiger partial charge on any atom is -0.504 e. The predicted molar refractivity (Wildman–Crippen MR) is 40.3 cm³/mol. The molecule has 0 fully saturated rings. The summed E-state index contributed by atoms with van der Waals surface area (Å²) in [5, 5.41) is 0. The van der Waals surface area contributed by atoms with Crippen molar-refractivity contribution in [2.75, 3.05) is 7.11 Å². The molecule has 0 aromatic carbocycles. The molecule has 10 heavy (non-hydrogen) atoms. The van der Waals surface area contributed by atoms with Crippen LogP contribution in [-0.4, -0.2) is 12.1 Å². The Kier molecular flexibility index (Phi) is 2.49. The molecule has 0 bridgehead atoms. The molecule has 0 radical (unpaired) electrons. The van der Waals surface area contributed by atoms with E-state index in [1.54, 1.807) is 25.6 Å². The molecule has 0 aliphatic rings. The number of nitrogens with zero attached hydrogens (tertiary/aromatic N) is 1. The van der Waals surface area contributed by atoms with Crippen LogP contribution in [0, 0.1) is 0 Å². The summed E-state index contributed by atoms with van der Waals surface area (Å²) in [4.78, 5) is 4.05. The van der Waals surface area contributed by atoms with E-state index in [9.17, 15) is 0 Å². The molecule has 2 nitrogen and oxygen atoms in total. The minimum atomic E-state index is 0.907. The Balaban J connectivity index is 2.67. The highest BCUT2D eigenvalue weighted by molar-refractivity contribution is 5.42. The van der Waals surface area contributed by atoms with Crippen molar-refractivity contribution in [2.24, 2.45) is 0 Å². The van der Waals surface area contributed by atoms with Crippen molar-refractivity contribution in [3.05, 3.63) is 36.4 Å². The Hall–Kier alpha value is -1.31. The summed E-state index contributed by atoms with van der Waals surface area (Å²) >= 11 is 0. The third-order valence-electron chi connectivity index (χ3n) is 1.06. The van der Waals surface area contributed by atoms with Crippen molar-refractivity contribution in [1.29, 1.82) is 0 Å². The first-order chi connectivity index (χ1) is 4.93. The summed E-state index contributed by atoms with van der Waals surface area (Å²) in [5.41, 5.74) is 0.907. The Bertz CT molecular complexity index is 206. The lowest BCUT2D eigenvalue weighted by molar-refractivity contribution is 0.341. The molecule has 0 atom stereocenters. The van der Waals surface area contributed by atoms with Crippen LogP contribution in [0.15, 0.2) is 30.7 Å². The second-order valence-corrected chi connectivity index (χ2v) is 1.79. The van der Waals surface area contributed by atoms with Crippen LogP contribution in [-0.2, 0) is 4.74 Å². The van der Waals surface area contributed by atoms with Crippen LogP contribution >= 0.6 is 0 Å². The summed E-state index contributed by atoms with van der Waals surface area (Å²) in [5.74, 6) is 0. The van der Waals surface area contributed by atoms with Gasteiger partial charge in [0.25, 0.3) is 0 Å². The smallest absolute Gasteiger partial charge is 0.0846 e. The zero-order valence-electron chi connectivity index (χ0n) is 5.82. The van der Waals surface area contributed by atoms with Gasteiger partial charge in [-0.25, -0.2) is 0 Å². The van der Waals surface area contributed by atoms with Crippen LogP contribution in [0.1, 0.15) is 5.69 Å². The molecule has 52 valence electrons. The lowest BCUT2D eigenvalue weighted by Gasteiger charge is -1.88. The lowest BCUT2D eigenvalue weighted by atomic mass is 10.3. The lowest BCUT2D eigenvalue weighted by Crippen LogP contribution is -1.76. The average Bonchev–Trinajstić information content (AvgIpc) is 2.03. The fourth-order valence-electron chi connectivity index (χ4n) is 0.612. The van der Waals surface area contributed by atoms with Crippen LogP contribution in [0.2, 0.25) is 0 Å². The van der Waals surface area contributed by atoms with E-state index < -0.39 is 0 Å². The maximum Gasteiger partial charge on any atom is 0.0846 e. The van der Waals surface area contributed by atoms with E-state index in [2.05, 4.69) is 4.98 Å². The molecule has 2 heteroatoms. The second-order valence-electron chi connectivity index (χ2n) is 1.79. The molecule has 0 aliphatic heterocycles. The largest absolute Gasteiger partial charge is 0.504 e. The van der Waals surface area contributed by atoms with E-state index in [-0.39, 0.29) is 0 Å². The van der Waals surface area contributed by atoms with E-state index in [0.717, 1.165) is 5.69 Å². The quantitative estimate of drug-likeness (QED) is 0.576. The number of hydrogen-bond acceptors (Lipinski definition) is 2. The summed E-state index contributed by atoms with van der Waals surface area (Å²) in [6, 6.07) is 5.72. The van der Waals surface area contributed by atoms with Crippen molar-refractivity contribution in [1.82, 2.24) is 4.98 Å². The van der Waals surface area contributed by atoms with Crippen molar-refractivity contribution >= 4 is 6.08 Å². The van der Waals surface area contributed by atoms with Gasteiger partial charge in [-0.05, 0) is 18.2 Å². The van der Waals surface area contributed by atoms with Crippen LogP contribution in [0.25, 0.3) is 6.08 Å². The Morgan fingerprint density at radius 2 is 2.40 bits per heavy atom. The molecule has 0 N–H and O–H groups in total.